The van der Waals surface area contributed by atoms with Crippen molar-refractivity contribution in [2.75, 3.05) is 10.2 Å². The molecule has 4 aromatic carbocycles. The molecule has 0 fully saturated rings. The standard InChI is InChI=1S/C28H19BrN2O4/c1-17-2-11-22(12-3-17)35-23-13-9-21(10-14-23)31-27(33)24-15-8-20(16-25(24)28(31)34)30-26(32)18-4-6-19(29)7-5-18/h2-16H,1H3,(H,30,32). The largest absolute Gasteiger partial charge is 0.457 e. The average molecular weight is 527 g/mol. The van der Waals surface area contributed by atoms with Crippen molar-refractivity contribution < 1.29 is 19.1 Å². The van der Waals surface area contributed by atoms with E-state index in [1.54, 1.807) is 60.7 Å². The smallest absolute Gasteiger partial charge is 0.266 e. The highest BCUT2D eigenvalue weighted by Crippen LogP contribution is 2.32. The highest BCUT2D eigenvalue weighted by molar-refractivity contribution is 9.10. The van der Waals surface area contributed by atoms with E-state index in [1.165, 1.54) is 6.07 Å². The van der Waals surface area contributed by atoms with Gasteiger partial charge in [-0.05, 0) is 85.8 Å². The molecule has 0 bridgehead atoms. The second kappa shape index (κ2) is 9.19. The predicted molar refractivity (Wildman–Crippen MR) is 137 cm³/mol. The van der Waals surface area contributed by atoms with Crippen molar-refractivity contribution >= 4 is 45.0 Å². The molecule has 4 aromatic rings. The first-order valence-electron chi connectivity index (χ1n) is 10.8. The number of carbonyl (C=O) groups excluding carboxylic acids is 3. The lowest BCUT2D eigenvalue weighted by molar-refractivity contribution is 0.0924. The first-order chi connectivity index (χ1) is 16.9. The molecule has 0 saturated heterocycles. The third-order valence-corrected chi connectivity index (χ3v) is 6.13. The highest BCUT2D eigenvalue weighted by atomic mass is 79.9. The van der Waals surface area contributed by atoms with Crippen molar-refractivity contribution in [2.45, 2.75) is 6.92 Å². The van der Waals surface area contributed by atoms with E-state index >= 15 is 0 Å². The van der Waals surface area contributed by atoms with Crippen LogP contribution in [0.25, 0.3) is 0 Å². The van der Waals surface area contributed by atoms with Crippen LogP contribution in [0.5, 0.6) is 11.5 Å². The predicted octanol–water partition coefficient (Wildman–Crippen LogP) is 6.60. The summed E-state index contributed by atoms with van der Waals surface area (Å²) in [6.45, 7) is 2.00. The summed E-state index contributed by atoms with van der Waals surface area (Å²) in [5.41, 5.74) is 3.01. The molecule has 0 aromatic heterocycles. The van der Waals surface area contributed by atoms with E-state index < -0.39 is 11.8 Å². The summed E-state index contributed by atoms with van der Waals surface area (Å²) >= 11 is 3.34. The van der Waals surface area contributed by atoms with Crippen molar-refractivity contribution in [1.29, 1.82) is 0 Å². The van der Waals surface area contributed by atoms with Crippen LogP contribution in [0.2, 0.25) is 0 Å². The van der Waals surface area contributed by atoms with E-state index in [1.807, 2.05) is 31.2 Å². The van der Waals surface area contributed by atoms with Crippen LogP contribution in [0, 0.1) is 6.92 Å². The Morgan fingerprint density at radius 3 is 2.03 bits per heavy atom. The van der Waals surface area contributed by atoms with Gasteiger partial charge in [0, 0.05) is 15.7 Å². The first kappa shape index (κ1) is 22.6. The fourth-order valence-corrected chi connectivity index (χ4v) is 4.03. The van der Waals surface area contributed by atoms with E-state index in [-0.39, 0.29) is 17.0 Å². The Morgan fingerprint density at radius 1 is 0.771 bits per heavy atom. The molecular weight excluding hydrogens is 508 g/mol. The molecule has 1 heterocycles. The topological polar surface area (TPSA) is 75.7 Å². The Labute approximate surface area is 210 Å². The SMILES string of the molecule is Cc1ccc(Oc2ccc(N3C(=O)c4ccc(NC(=O)c5ccc(Br)cc5)cc4C3=O)cc2)cc1. The van der Waals surface area contributed by atoms with Gasteiger partial charge < -0.3 is 10.1 Å². The molecule has 0 aliphatic carbocycles. The Kier molecular flexibility index (Phi) is 5.93. The molecule has 1 aliphatic heterocycles. The number of nitrogens with zero attached hydrogens (tertiary/aromatic N) is 1. The van der Waals surface area contributed by atoms with E-state index in [2.05, 4.69) is 21.2 Å². The van der Waals surface area contributed by atoms with Crippen molar-refractivity contribution in [3.8, 4) is 11.5 Å². The van der Waals surface area contributed by atoms with Gasteiger partial charge in [0.2, 0.25) is 0 Å². The monoisotopic (exact) mass is 526 g/mol. The van der Waals surface area contributed by atoms with E-state index in [9.17, 15) is 14.4 Å². The number of benzene rings is 4. The van der Waals surface area contributed by atoms with Gasteiger partial charge in [-0.3, -0.25) is 14.4 Å². The van der Waals surface area contributed by atoms with Gasteiger partial charge in [-0.25, -0.2) is 4.90 Å². The number of nitrogens with one attached hydrogen (secondary N) is 1. The summed E-state index contributed by atoms with van der Waals surface area (Å²) in [4.78, 5) is 39.8. The lowest BCUT2D eigenvalue weighted by atomic mass is 10.1. The van der Waals surface area contributed by atoms with Gasteiger partial charge in [-0.2, -0.15) is 0 Å². The average Bonchev–Trinajstić information content (AvgIpc) is 3.11. The number of halogens is 1. The second-order valence-electron chi connectivity index (χ2n) is 8.08. The molecule has 0 radical (unpaired) electrons. The minimum Gasteiger partial charge on any atom is -0.457 e. The quantitative estimate of drug-likeness (QED) is 0.297. The van der Waals surface area contributed by atoms with Crippen LogP contribution in [-0.4, -0.2) is 17.7 Å². The van der Waals surface area contributed by atoms with Gasteiger partial charge in [0.1, 0.15) is 11.5 Å². The molecule has 0 spiro atoms. The van der Waals surface area contributed by atoms with Crippen LogP contribution < -0.4 is 15.0 Å². The van der Waals surface area contributed by atoms with Crippen LogP contribution in [-0.2, 0) is 0 Å². The molecule has 0 saturated carbocycles. The summed E-state index contributed by atoms with van der Waals surface area (Å²) in [5, 5.41) is 2.78. The zero-order chi connectivity index (χ0) is 24.5. The number of anilines is 2. The maximum absolute atomic E-state index is 13.1. The maximum atomic E-state index is 13.1. The third-order valence-electron chi connectivity index (χ3n) is 5.60. The Balaban J connectivity index is 1.33. The zero-order valence-corrected chi connectivity index (χ0v) is 20.2. The number of imide groups is 1. The number of hydrogen-bond acceptors (Lipinski definition) is 4. The van der Waals surface area contributed by atoms with E-state index in [0.29, 0.717) is 28.4 Å². The second-order valence-corrected chi connectivity index (χ2v) is 8.99. The summed E-state index contributed by atoms with van der Waals surface area (Å²) in [6, 6.07) is 26.0. The van der Waals surface area contributed by atoms with Crippen LogP contribution in [0.4, 0.5) is 11.4 Å². The molecule has 7 heteroatoms. The summed E-state index contributed by atoms with van der Waals surface area (Å²) < 4.78 is 6.70. The summed E-state index contributed by atoms with van der Waals surface area (Å²) in [7, 11) is 0. The van der Waals surface area contributed by atoms with Gasteiger partial charge in [0.25, 0.3) is 17.7 Å². The van der Waals surface area contributed by atoms with Crippen molar-refractivity contribution in [1.82, 2.24) is 0 Å². The van der Waals surface area contributed by atoms with E-state index in [0.717, 1.165) is 14.9 Å². The molecule has 1 N–H and O–H groups in total. The van der Waals surface area contributed by atoms with Crippen molar-refractivity contribution in [2.24, 2.45) is 0 Å². The lowest BCUT2D eigenvalue weighted by Crippen LogP contribution is -2.29. The van der Waals surface area contributed by atoms with Crippen molar-refractivity contribution in [3.63, 3.8) is 0 Å². The Bertz CT molecular complexity index is 1450. The molecule has 172 valence electrons. The fraction of sp³-hybridized carbons (Fsp3) is 0.0357. The number of amides is 3. The number of ether oxygens (including phenoxy) is 1. The first-order valence-corrected chi connectivity index (χ1v) is 11.6. The lowest BCUT2D eigenvalue weighted by Gasteiger charge is -2.14. The summed E-state index contributed by atoms with van der Waals surface area (Å²) in [6.07, 6.45) is 0. The van der Waals surface area contributed by atoms with E-state index in [4.69, 9.17) is 4.74 Å². The number of aryl methyl sites for hydroxylation is 1. The van der Waals surface area contributed by atoms with Gasteiger partial charge >= 0.3 is 0 Å². The molecule has 0 unspecified atom stereocenters. The van der Waals surface area contributed by atoms with Crippen LogP contribution in [0.3, 0.4) is 0 Å². The fourth-order valence-electron chi connectivity index (χ4n) is 3.76. The number of fused-ring (bicyclic) bond motifs is 1. The Morgan fingerprint density at radius 2 is 1.37 bits per heavy atom. The molecule has 35 heavy (non-hydrogen) atoms. The Hall–Kier alpha value is -4.23. The number of carbonyl (C=O) groups is 3. The van der Waals surface area contributed by atoms with Gasteiger partial charge in [-0.15, -0.1) is 0 Å². The number of hydrogen-bond donors (Lipinski definition) is 1. The summed E-state index contributed by atoms with van der Waals surface area (Å²) in [5.74, 6) is 0.115. The van der Waals surface area contributed by atoms with Gasteiger partial charge in [0.15, 0.2) is 0 Å². The van der Waals surface area contributed by atoms with Crippen molar-refractivity contribution in [3.05, 3.63) is 118 Å². The highest BCUT2D eigenvalue weighted by Gasteiger charge is 2.37. The minimum atomic E-state index is -0.447. The molecular formula is C28H19BrN2O4. The molecule has 6 nitrogen and oxygen atoms in total. The van der Waals surface area contributed by atoms with Gasteiger partial charge in [0.05, 0.1) is 16.8 Å². The molecule has 3 amide bonds. The number of rotatable bonds is 5. The normalized spacial score (nSPS) is 12.5. The third kappa shape index (κ3) is 4.58. The molecule has 1 aliphatic rings. The zero-order valence-electron chi connectivity index (χ0n) is 18.6. The minimum absolute atomic E-state index is 0.239. The maximum Gasteiger partial charge on any atom is 0.266 e. The van der Waals surface area contributed by atoms with Crippen LogP contribution in [0.15, 0.2) is 95.5 Å². The van der Waals surface area contributed by atoms with Crippen LogP contribution >= 0.6 is 15.9 Å². The van der Waals surface area contributed by atoms with Gasteiger partial charge in [-0.1, -0.05) is 33.6 Å². The molecule has 0 atom stereocenters. The van der Waals surface area contributed by atoms with Crippen LogP contribution in [0.1, 0.15) is 36.6 Å². The molecule has 5 rings (SSSR count).